The lowest BCUT2D eigenvalue weighted by molar-refractivity contribution is 0.0935. The van der Waals surface area contributed by atoms with Crippen LogP contribution in [-0.2, 0) is 0 Å². The molecule has 8 nitrogen and oxygen atoms in total. The molecule has 1 N–H and O–H groups in total. The van der Waals surface area contributed by atoms with Crippen LogP contribution >= 0.6 is 0 Å². The summed E-state index contributed by atoms with van der Waals surface area (Å²) < 4.78 is 2.01. The Morgan fingerprint density at radius 3 is 1.35 bits per heavy atom. The Balaban J connectivity index is 1.27. The summed E-state index contributed by atoms with van der Waals surface area (Å²) in [5, 5.41) is 54.0. The number of carbonyl (C=O) groups is 1. The third kappa shape index (κ3) is 6.05. The zero-order valence-electron chi connectivity index (χ0n) is 32.8. The van der Waals surface area contributed by atoms with Crippen molar-refractivity contribution in [1.82, 2.24) is 4.57 Å². The molecule has 0 aliphatic carbocycles. The van der Waals surface area contributed by atoms with E-state index in [1.54, 1.807) is 42.5 Å². The van der Waals surface area contributed by atoms with Crippen LogP contribution in [0.25, 0.3) is 72.0 Å². The molecule has 1 aliphatic rings. The quantitative estimate of drug-likeness (QED) is 0.178. The molecule has 1 aromatic heterocycles. The van der Waals surface area contributed by atoms with Gasteiger partial charge in [-0.1, -0.05) is 109 Å². The number of amides is 1. The molecule has 9 aromatic rings. The number of nitriles is 4. The number of hydrogen-bond donors (Lipinski definition) is 1. The van der Waals surface area contributed by atoms with Crippen molar-refractivity contribution in [2.75, 3.05) is 4.90 Å². The number of anilines is 1. The smallest absolute Gasteiger partial charge is 0.263 e. The Kier molecular flexibility index (Phi) is 8.98. The summed E-state index contributed by atoms with van der Waals surface area (Å²) >= 11 is 0. The summed E-state index contributed by atoms with van der Waals surface area (Å²) in [4.78, 5) is 16.8. The molecular weight excluding hydrogens is 765 g/mol. The van der Waals surface area contributed by atoms with Crippen molar-refractivity contribution in [3.05, 3.63) is 203 Å². The molecule has 8 heteroatoms. The molecule has 62 heavy (non-hydrogen) atoms. The van der Waals surface area contributed by atoms with E-state index in [1.807, 2.05) is 126 Å². The molecule has 0 saturated heterocycles. The fourth-order valence-corrected chi connectivity index (χ4v) is 8.81. The largest absolute Gasteiger partial charge is 0.369 e. The molecule has 0 saturated carbocycles. The van der Waals surface area contributed by atoms with E-state index >= 15 is 4.79 Å². The Bertz CT molecular complexity index is 3250. The highest BCUT2D eigenvalue weighted by Gasteiger charge is 2.40. The maximum atomic E-state index is 15.3. The van der Waals surface area contributed by atoms with Gasteiger partial charge in [-0.15, -0.1) is 0 Å². The summed E-state index contributed by atoms with van der Waals surface area (Å²) in [6.45, 7) is 0. The Labute approximate surface area is 356 Å². The van der Waals surface area contributed by atoms with Gasteiger partial charge in [0.05, 0.1) is 68.8 Å². The zero-order chi connectivity index (χ0) is 42.5. The van der Waals surface area contributed by atoms with Gasteiger partial charge in [0.15, 0.2) is 6.23 Å². The highest BCUT2D eigenvalue weighted by atomic mass is 16.3. The normalized spacial score (nSPS) is 13.0. The average Bonchev–Trinajstić information content (AvgIpc) is 3.81. The van der Waals surface area contributed by atoms with E-state index in [2.05, 4.69) is 30.3 Å². The average molecular weight is 795 g/mol. The molecule has 288 valence electrons. The first-order valence-electron chi connectivity index (χ1n) is 19.8. The molecular formula is C54H30N6O2. The number of para-hydroxylation sites is 2. The van der Waals surface area contributed by atoms with Gasteiger partial charge in [-0.2, -0.15) is 21.0 Å². The second kappa shape index (κ2) is 15.0. The number of rotatable bonds is 6. The first-order chi connectivity index (χ1) is 30.4. The highest BCUT2D eigenvalue weighted by molar-refractivity contribution is 6.19. The predicted octanol–water partition coefficient (Wildman–Crippen LogP) is 11.6. The Morgan fingerprint density at radius 1 is 0.452 bits per heavy atom. The maximum absolute atomic E-state index is 15.3. The predicted molar refractivity (Wildman–Crippen MR) is 240 cm³/mol. The lowest BCUT2D eigenvalue weighted by atomic mass is 9.97. The maximum Gasteiger partial charge on any atom is 0.263 e. The first kappa shape index (κ1) is 37.2. The van der Waals surface area contributed by atoms with E-state index in [-0.39, 0.29) is 0 Å². The van der Waals surface area contributed by atoms with Crippen LogP contribution in [0.2, 0.25) is 0 Å². The van der Waals surface area contributed by atoms with Crippen LogP contribution in [0.4, 0.5) is 5.69 Å². The van der Waals surface area contributed by atoms with Crippen LogP contribution in [0.3, 0.4) is 0 Å². The number of aliphatic hydroxyl groups is 1. The Morgan fingerprint density at radius 2 is 0.903 bits per heavy atom. The lowest BCUT2D eigenvalue weighted by Crippen LogP contribution is -2.28. The van der Waals surface area contributed by atoms with Crippen molar-refractivity contribution in [2.24, 2.45) is 0 Å². The zero-order valence-corrected chi connectivity index (χ0v) is 32.8. The van der Waals surface area contributed by atoms with E-state index in [0.717, 1.165) is 33.0 Å². The van der Waals surface area contributed by atoms with Crippen molar-refractivity contribution in [3.63, 3.8) is 0 Å². The SMILES string of the molecule is N#Cc1cc(C#N)cc(-c2cccc3c4cccc(-c5cc(C#N)cc(C#N)c5)c4n(-c4cccc5c4C(=O)N(c4cc(-c6ccccc6)cc(-c6ccccc6)c4)C5O)c23)c1. The van der Waals surface area contributed by atoms with E-state index in [1.165, 1.54) is 4.90 Å². The van der Waals surface area contributed by atoms with Gasteiger partial charge in [0, 0.05) is 33.2 Å². The second-order valence-electron chi connectivity index (χ2n) is 15.1. The molecule has 1 atom stereocenters. The number of nitrogens with zero attached hydrogens (tertiary/aromatic N) is 6. The van der Waals surface area contributed by atoms with E-state index < -0.39 is 12.1 Å². The third-order valence-electron chi connectivity index (χ3n) is 11.5. The van der Waals surface area contributed by atoms with Crippen LogP contribution < -0.4 is 4.90 Å². The minimum atomic E-state index is -1.34. The van der Waals surface area contributed by atoms with Gasteiger partial charge in [0.25, 0.3) is 5.91 Å². The summed E-state index contributed by atoms with van der Waals surface area (Å²) in [7, 11) is 0. The van der Waals surface area contributed by atoms with Crippen LogP contribution in [-0.4, -0.2) is 15.6 Å². The number of hydrogen-bond acceptors (Lipinski definition) is 6. The molecule has 8 aromatic carbocycles. The second-order valence-corrected chi connectivity index (χ2v) is 15.1. The van der Waals surface area contributed by atoms with Crippen molar-refractivity contribution < 1.29 is 9.90 Å². The van der Waals surface area contributed by atoms with Gasteiger partial charge in [0.2, 0.25) is 0 Å². The molecule has 1 aliphatic heterocycles. The number of fused-ring (bicyclic) bond motifs is 4. The molecule has 0 fully saturated rings. The van der Waals surface area contributed by atoms with Crippen molar-refractivity contribution in [1.29, 1.82) is 21.0 Å². The van der Waals surface area contributed by atoms with Gasteiger partial charge in [-0.05, 0) is 94.0 Å². The van der Waals surface area contributed by atoms with Crippen LogP contribution in [0.15, 0.2) is 170 Å². The molecule has 0 bridgehead atoms. The molecule has 0 spiro atoms. The van der Waals surface area contributed by atoms with Crippen molar-refractivity contribution in [2.45, 2.75) is 6.23 Å². The minimum Gasteiger partial charge on any atom is -0.369 e. The monoisotopic (exact) mass is 794 g/mol. The van der Waals surface area contributed by atoms with Gasteiger partial charge < -0.3 is 9.67 Å². The van der Waals surface area contributed by atoms with E-state index in [0.29, 0.717) is 78.0 Å². The topological polar surface area (TPSA) is 141 Å². The number of benzene rings is 8. The van der Waals surface area contributed by atoms with E-state index in [9.17, 15) is 26.2 Å². The van der Waals surface area contributed by atoms with Crippen LogP contribution in [0.1, 0.15) is 44.4 Å². The molecule has 2 heterocycles. The molecule has 10 rings (SSSR count). The fourth-order valence-electron chi connectivity index (χ4n) is 8.81. The lowest BCUT2D eigenvalue weighted by Gasteiger charge is -2.23. The standard InChI is InChI=1S/C54H30N6O2/c55-29-33-20-34(30-56)23-41(22-33)44-14-7-16-46-47-17-8-15-45(42-24-35(31-57)21-36(25-42)32-58)52(47)60(51(44)46)49-19-9-18-48-50(49)54(62)59(53(48)61)43-27-39(37-10-3-1-4-11-37)26-40(28-43)38-12-5-2-6-13-38/h1-28,53,61H. The van der Waals surface area contributed by atoms with E-state index in [4.69, 9.17) is 0 Å². The van der Waals surface area contributed by atoms with Crippen molar-refractivity contribution >= 4 is 33.4 Å². The number of aromatic nitrogens is 1. The van der Waals surface area contributed by atoms with Crippen LogP contribution in [0, 0.1) is 45.3 Å². The third-order valence-corrected chi connectivity index (χ3v) is 11.5. The molecule has 0 radical (unpaired) electrons. The molecule has 1 unspecified atom stereocenters. The summed E-state index contributed by atoms with van der Waals surface area (Å²) in [6.07, 6.45) is -1.34. The first-order valence-corrected chi connectivity index (χ1v) is 19.8. The highest BCUT2D eigenvalue weighted by Crippen LogP contribution is 2.47. The number of carbonyl (C=O) groups excluding carboxylic acids is 1. The van der Waals surface area contributed by atoms with Crippen molar-refractivity contribution in [3.8, 4) is 74.5 Å². The van der Waals surface area contributed by atoms with Crippen LogP contribution in [0.5, 0.6) is 0 Å². The minimum absolute atomic E-state index is 0.293. The van der Waals surface area contributed by atoms with Gasteiger partial charge in [-0.25, -0.2) is 0 Å². The van der Waals surface area contributed by atoms with Gasteiger partial charge in [0.1, 0.15) is 0 Å². The fraction of sp³-hybridized carbons (Fsp3) is 0.0185. The number of aliphatic hydroxyl groups excluding tert-OH is 1. The summed E-state index contributed by atoms with van der Waals surface area (Å²) in [5.41, 5.74) is 10.7. The Hall–Kier alpha value is -9.05. The summed E-state index contributed by atoms with van der Waals surface area (Å²) in [6, 6.07) is 61.6. The summed E-state index contributed by atoms with van der Waals surface area (Å²) in [5.74, 6) is -0.409. The van der Waals surface area contributed by atoms with Gasteiger partial charge >= 0.3 is 0 Å². The molecule has 1 amide bonds. The van der Waals surface area contributed by atoms with Gasteiger partial charge in [-0.3, -0.25) is 9.69 Å².